The molecule has 0 spiro atoms. The molecule has 0 amide bonds. The van der Waals surface area contributed by atoms with E-state index in [1.165, 1.54) is 0 Å². The molecule has 6 atom stereocenters. The molecule has 0 aliphatic carbocycles. The van der Waals surface area contributed by atoms with Gasteiger partial charge in [-0.15, -0.1) is 0 Å². The van der Waals surface area contributed by atoms with Gasteiger partial charge in [0, 0.05) is 11.4 Å². The van der Waals surface area contributed by atoms with Gasteiger partial charge in [0.15, 0.2) is 0 Å². The summed E-state index contributed by atoms with van der Waals surface area (Å²) in [5.74, 6) is 0.795. The Morgan fingerprint density at radius 3 is 2.55 bits per heavy atom. The highest BCUT2D eigenvalue weighted by molar-refractivity contribution is 6.31. The predicted octanol–water partition coefficient (Wildman–Crippen LogP) is 1.61. The van der Waals surface area contributed by atoms with Gasteiger partial charge in [-0.3, -0.25) is 0 Å². The van der Waals surface area contributed by atoms with Gasteiger partial charge in [-0.2, -0.15) is 0 Å². The quantitative estimate of drug-likeness (QED) is 0.507. The Kier molecular flexibility index (Phi) is 7.13. The first-order valence-electron chi connectivity index (χ1n) is 10.4. The maximum absolute atomic E-state index is 10.4. The minimum atomic E-state index is -1.30. The fraction of sp³-hybridized carbons (Fsp3) is 0.478. The summed E-state index contributed by atoms with van der Waals surface area (Å²) < 4.78 is 16.9. The Balaban J connectivity index is 1.47. The van der Waals surface area contributed by atoms with Crippen LogP contribution in [-0.2, 0) is 15.9 Å². The summed E-state index contributed by atoms with van der Waals surface area (Å²) in [6.45, 7) is 0.776. The van der Waals surface area contributed by atoms with E-state index in [-0.39, 0.29) is 6.10 Å². The van der Waals surface area contributed by atoms with Gasteiger partial charge in [0.2, 0.25) is 0 Å². The van der Waals surface area contributed by atoms with E-state index in [1.54, 1.807) is 12.1 Å². The van der Waals surface area contributed by atoms with Crippen molar-refractivity contribution in [3.63, 3.8) is 0 Å². The van der Waals surface area contributed by atoms with Crippen LogP contribution >= 0.6 is 11.6 Å². The van der Waals surface area contributed by atoms with Crippen LogP contribution in [0.2, 0.25) is 5.02 Å². The summed E-state index contributed by atoms with van der Waals surface area (Å²) in [7, 11) is 0. The number of hydrogen-bond donors (Lipinski definition) is 4. The highest BCUT2D eigenvalue weighted by Crippen LogP contribution is 2.36. The van der Waals surface area contributed by atoms with Crippen molar-refractivity contribution in [2.45, 2.75) is 49.5 Å². The van der Waals surface area contributed by atoms with Crippen LogP contribution in [-0.4, -0.2) is 70.8 Å². The molecule has 8 heteroatoms. The van der Waals surface area contributed by atoms with Crippen LogP contribution in [0.4, 0.5) is 0 Å². The van der Waals surface area contributed by atoms with Gasteiger partial charge < -0.3 is 34.6 Å². The number of ether oxygens (including phenoxy) is 3. The molecular formula is C23H27ClO7. The SMILES string of the molecule is OCC(O)[C@H]1OC(c2ccc(Cl)c(Cc3ccc(O[C@@H]4CCOC4)cc3)c2)[C@H](O)[C@H]1O. The van der Waals surface area contributed by atoms with E-state index in [9.17, 15) is 15.3 Å². The van der Waals surface area contributed by atoms with Crippen molar-refractivity contribution >= 4 is 11.6 Å². The van der Waals surface area contributed by atoms with Gasteiger partial charge in [-0.25, -0.2) is 0 Å². The second-order valence-corrected chi connectivity index (χ2v) is 8.43. The van der Waals surface area contributed by atoms with Crippen LogP contribution in [0.25, 0.3) is 0 Å². The van der Waals surface area contributed by atoms with Gasteiger partial charge in [0.1, 0.15) is 42.4 Å². The molecular weight excluding hydrogens is 424 g/mol. The van der Waals surface area contributed by atoms with Crippen LogP contribution in [0, 0.1) is 0 Å². The van der Waals surface area contributed by atoms with Crippen molar-refractivity contribution in [3.8, 4) is 5.75 Å². The molecule has 0 radical (unpaired) electrons. The number of hydrogen-bond acceptors (Lipinski definition) is 7. The fourth-order valence-corrected chi connectivity index (χ4v) is 4.20. The molecule has 0 aromatic heterocycles. The molecule has 2 aliphatic rings. The van der Waals surface area contributed by atoms with Crippen LogP contribution in [0.5, 0.6) is 5.75 Å². The summed E-state index contributed by atoms with van der Waals surface area (Å²) in [5, 5.41) is 40.1. The summed E-state index contributed by atoms with van der Waals surface area (Å²) in [4.78, 5) is 0. The van der Waals surface area contributed by atoms with Crippen LogP contribution in [0.15, 0.2) is 42.5 Å². The van der Waals surface area contributed by atoms with E-state index in [0.717, 1.165) is 29.9 Å². The lowest BCUT2D eigenvalue weighted by atomic mass is 9.96. The predicted molar refractivity (Wildman–Crippen MR) is 113 cm³/mol. The lowest BCUT2D eigenvalue weighted by Gasteiger charge is -2.19. The highest BCUT2D eigenvalue weighted by Gasteiger charge is 2.46. The molecule has 168 valence electrons. The molecule has 31 heavy (non-hydrogen) atoms. The molecule has 2 aromatic carbocycles. The van der Waals surface area contributed by atoms with E-state index < -0.39 is 37.1 Å². The number of benzene rings is 2. The van der Waals surface area contributed by atoms with Crippen molar-refractivity contribution in [1.82, 2.24) is 0 Å². The van der Waals surface area contributed by atoms with Crippen LogP contribution < -0.4 is 4.74 Å². The van der Waals surface area contributed by atoms with Gasteiger partial charge in [-0.05, 0) is 41.3 Å². The second-order valence-electron chi connectivity index (χ2n) is 8.03. The first-order valence-corrected chi connectivity index (χ1v) is 10.8. The zero-order valence-electron chi connectivity index (χ0n) is 16.9. The first-order chi connectivity index (χ1) is 15.0. The number of halogens is 1. The first kappa shape index (κ1) is 22.5. The number of rotatable bonds is 7. The van der Waals surface area contributed by atoms with E-state index in [2.05, 4.69) is 0 Å². The van der Waals surface area contributed by atoms with Crippen molar-refractivity contribution in [2.75, 3.05) is 19.8 Å². The molecule has 2 aromatic rings. The summed E-state index contributed by atoms with van der Waals surface area (Å²) in [6, 6.07) is 13.1. The number of aliphatic hydroxyl groups excluding tert-OH is 4. The van der Waals surface area contributed by atoms with Gasteiger partial charge in [0.25, 0.3) is 0 Å². The molecule has 2 aliphatic heterocycles. The molecule has 2 fully saturated rings. The maximum Gasteiger partial charge on any atom is 0.124 e. The van der Waals surface area contributed by atoms with Crippen LogP contribution in [0.1, 0.15) is 29.2 Å². The minimum Gasteiger partial charge on any atom is -0.488 e. The van der Waals surface area contributed by atoms with E-state index in [4.69, 9.17) is 30.9 Å². The van der Waals surface area contributed by atoms with Gasteiger partial charge >= 0.3 is 0 Å². The Morgan fingerprint density at radius 1 is 1.10 bits per heavy atom. The molecule has 0 bridgehead atoms. The van der Waals surface area contributed by atoms with Gasteiger partial charge in [0.05, 0.1) is 19.8 Å². The van der Waals surface area contributed by atoms with Gasteiger partial charge in [-0.1, -0.05) is 35.9 Å². The molecule has 4 rings (SSSR count). The zero-order chi connectivity index (χ0) is 22.0. The fourth-order valence-electron chi connectivity index (χ4n) is 4.01. The van der Waals surface area contributed by atoms with E-state index >= 15 is 0 Å². The third-order valence-corrected chi connectivity index (χ3v) is 6.14. The largest absolute Gasteiger partial charge is 0.488 e. The minimum absolute atomic E-state index is 0.0957. The average Bonchev–Trinajstić information content (AvgIpc) is 3.39. The Morgan fingerprint density at radius 2 is 1.87 bits per heavy atom. The Hall–Kier alpha value is -1.71. The van der Waals surface area contributed by atoms with E-state index in [0.29, 0.717) is 23.6 Å². The molecule has 2 unspecified atom stereocenters. The average molecular weight is 451 g/mol. The lowest BCUT2D eigenvalue weighted by Crippen LogP contribution is -2.40. The third kappa shape index (κ3) is 5.04. The molecule has 7 nitrogen and oxygen atoms in total. The van der Waals surface area contributed by atoms with Crippen molar-refractivity contribution < 1.29 is 34.6 Å². The van der Waals surface area contributed by atoms with Crippen molar-refractivity contribution in [2.24, 2.45) is 0 Å². The summed E-state index contributed by atoms with van der Waals surface area (Å²) in [5.41, 5.74) is 2.52. The van der Waals surface area contributed by atoms with Crippen molar-refractivity contribution in [1.29, 1.82) is 0 Å². The third-order valence-electron chi connectivity index (χ3n) is 5.77. The molecule has 4 N–H and O–H groups in total. The standard InChI is InChI=1S/C23H27ClO7/c24-18-6-3-14(22-20(27)21(28)23(31-22)19(26)11-25)10-15(18)9-13-1-4-16(5-2-13)30-17-7-8-29-12-17/h1-6,10,17,19-23,25-28H,7-9,11-12H2/t17-,19?,20-,21-,22?,23-/m1/s1. The highest BCUT2D eigenvalue weighted by atomic mass is 35.5. The monoisotopic (exact) mass is 450 g/mol. The molecule has 2 heterocycles. The lowest BCUT2D eigenvalue weighted by molar-refractivity contribution is -0.0820. The Bertz CT molecular complexity index is 869. The molecule has 2 saturated heterocycles. The smallest absolute Gasteiger partial charge is 0.124 e. The normalized spacial score (nSPS) is 29.3. The summed E-state index contributed by atoms with van der Waals surface area (Å²) in [6.07, 6.45) is -4.15. The zero-order valence-corrected chi connectivity index (χ0v) is 17.7. The van der Waals surface area contributed by atoms with Crippen LogP contribution in [0.3, 0.4) is 0 Å². The Labute approximate surface area is 185 Å². The van der Waals surface area contributed by atoms with Crippen molar-refractivity contribution in [3.05, 3.63) is 64.2 Å². The second kappa shape index (κ2) is 9.83. The topological polar surface area (TPSA) is 109 Å². The van der Waals surface area contributed by atoms with E-state index in [1.807, 2.05) is 30.3 Å². The maximum atomic E-state index is 10.4. The molecule has 0 saturated carbocycles. The summed E-state index contributed by atoms with van der Waals surface area (Å²) >= 11 is 6.40. The number of aliphatic hydroxyl groups is 4.